The average Bonchev–Trinajstić information content (AvgIpc) is 3.20. The van der Waals surface area contributed by atoms with E-state index >= 15 is 0 Å². The van der Waals surface area contributed by atoms with E-state index in [9.17, 15) is 19.7 Å². The Morgan fingerprint density at radius 1 is 1.05 bits per heavy atom. The van der Waals surface area contributed by atoms with Crippen LogP contribution < -0.4 is 0 Å². The first-order valence-electron chi connectivity index (χ1n) is 14.4. The first-order chi connectivity index (χ1) is 20.1. The monoisotopic (exact) mass is 565 g/mol. The summed E-state index contributed by atoms with van der Waals surface area (Å²) >= 11 is 0. The molecular weight excluding hydrogens is 530 g/mol. The molecule has 4 aliphatic rings. The summed E-state index contributed by atoms with van der Waals surface area (Å²) in [6.07, 6.45) is 10.4. The fourth-order valence-corrected chi connectivity index (χ4v) is 7.84. The van der Waals surface area contributed by atoms with Gasteiger partial charge in [0, 0.05) is 62.2 Å². The summed E-state index contributed by atoms with van der Waals surface area (Å²) in [5.41, 5.74) is 0.544. The number of aromatic nitrogens is 2. The molecule has 3 heterocycles. The predicted molar refractivity (Wildman–Crippen MR) is 157 cm³/mol. The highest BCUT2D eigenvalue weighted by molar-refractivity contribution is 6.06. The van der Waals surface area contributed by atoms with Gasteiger partial charge < -0.3 is 4.90 Å². The largest absolute Gasteiger partial charge is 0.339 e. The number of nitro benzene ring substituents is 1. The minimum Gasteiger partial charge on any atom is -0.339 e. The molecule has 1 amide bonds. The molecule has 216 valence electrons. The van der Waals surface area contributed by atoms with Crippen molar-refractivity contribution in [1.82, 2.24) is 19.8 Å². The van der Waals surface area contributed by atoms with E-state index in [4.69, 9.17) is 0 Å². The molecule has 4 fully saturated rings. The quantitative estimate of drug-likeness (QED) is 0.162. The Kier molecular flexibility index (Phi) is 6.71. The molecule has 9 nitrogen and oxygen atoms in total. The Hall–Kier alpha value is -4.40. The van der Waals surface area contributed by atoms with Gasteiger partial charge in [-0.2, -0.15) is 0 Å². The van der Waals surface area contributed by atoms with Gasteiger partial charge in [-0.3, -0.25) is 34.6 Å². The average molecular weight is 566 g/mol. The summed E-state index contributed by atoms with van der Waals surface area (Å²) in [5, 5.41) is 11.4. The summed E-state index contributed by atoms with van der Waals surface area (Å²) < 4.78 is 0. The van der Waals surface area contributed by atoms with Gasteiger partial charge in [-0.15, -0.1) is 0 Å². The van der Waals surface area contributed by atoms with Crippen LogP contribution in [0.25, 0.3) is 0 Å². The minimum atomic E-state index is -1.25. The van der Waals surface area contributed by atoms with E-state index in [1.807, 2.05) is 36.2 Å². The van der Waals surface area contributed by atoms with E-state index in [0.29, 0.717) is 35.5 Å². The molecule has 0 N–H and O–H groups in total. The zero-order valence-corrected chi connectivity index (χ0v) is 24.3. The van der Waals surface area contributed by atoms with Crippen molar-refractivity contribution in [2.45, 2.75) is 39.2 Å². The number of hydrogen-bond donors (Lipinski definition) is 0. The van der Waals surface area contributed by atoms with Gasteiger partial charge in [0.25, 0.3) is 11.6 Å². The van der Waals surface area contributed by atoms with Crippen molar-refractivity contribution in [3.05, 3.63) is 112 Å². The first kappa shape index (κ1) is 27.8. The number of rotatable bonds is 7. The Labute approximate surface area is 245 Å². The number of carbonyl (C=O) groups excluding carboxylic acids is 2. The number of pyridine rings is 2. The summed E-state index contributed by atoms with van der Waals surface area (Å²) in [6.45, 7) is 7.50. The summed E-state index contributed by atoms with van der Waals surface area (Å²) in [4.78, 5) is 51.5. The molecule has 3 aliphatic carbocycles. The first-order valence-corrected chi connectivity index (χ1v) is 14.4. The molecule has 1 saturated heterocycles. The second-order valence-electron chi connectivity index (χ2n) is 12.5. The van der Waals surface area contributed by atoms with Crippen LogP contribution in [0.5, 0.6) is 0 Å². The number of ketones is 1. The van der Waals surface area contributed by atoms with E-state index in [2.05, 4.69) is 30.7 Å². The molecule has 2 aromatic heterocycles. The molecule has 42 heavy (non-hydrogen) atoms. The van der Waals surface area contributed by atoms with Crippen LogP contribution >= 0.6 is 0 Å². The number of benzene rings is 1. The molecule has 3 saturated carbocycles. The molecule has 2 bridgehead atoms. The molecule has 7 rings (SSSR count). The van der Waals surface area contributed by atoms with Crippen LogP contribution in [0.15, 0.2) is 85.2 Å². The highest BCUT2D eigenvalue weighted by Crippen LogP contribution is 2.63. The Balaban J connectivity index is 1.47. The number of nitro groups is 1. The second-order valence-corrected chi connectivity index (χ2v) is 12.5. The third-order valence-electron chi connectivity index (χ3n) is 10.4. The summed E-state index contributed by atoms with van der Waals surface area (Å²) in [6, 6.07) is 13.0. The molecule has 0 radical (unpaired) electrons. The van der Waals surface area contributed by atoms with E-state index < -0.39 is 16.2 Å². The summed E-state index contributed by atoms with van der Waals surface area (Å²) in [5.74, 6) is 1.83. The van der Waals surface area contributed by atoms with Crippen molar-refractivity contribution < 1.29 is 14.5 Å². The predicted octanol–water partition coefficient (Wildman–Crippen LogP) is 5.45. The van der Waals surface area contributed by atoms with Crippen LogP contribution in [0.1, 0.15) is 55.1 Å². The lowest BCUT2D eigenvalue weighted by Gasteiger charge is -2.62. The van der Waals surface area contributed by atoms with Gasteiger partial charge in [0.2, 0.25) is 0 Å². The molecule has 9 heteroatoms. The van der Waals surface area contributed by atoms with Crippen molar-refractivity contribution in [1.29, 1.82) is 0 Å². The van der Waals surface area contributed by atoms with E-state index in [0.717, 1.165) is 17.5 Å². The third-order valence-corrected chi connectivity index (χ3v) is 10.4. The number of fused-ring (bicyclic) bond motifs is 2. The van der Waals surface area contributed by atoms with Gasteiger partial charge in [0.1, 0.15) is 5.82 Å². The lowest BCUT2D eigenvalue weighted by molar-refractivity contribution is -0.384. The maximum Gasteiger partial charge on any atom is 0.270 e. The standard InChI is InChI=1S/C33H35N5O4/c1-21-23(16-26-18-28(21)32(26,2)3)20-37-30(19-29(39)22-6-5-7-27(17-22)38(41)42)36(4)33(31(37)40,24-8-12-34-13-9-24)25-10-14-35-15-11-25/h5-15,17,19,21,23,26,28H,16,18,20H2,1-4H3. The van der Waals surface area contributed by atoms with Crippen molar-refractivity contribution in [2.24, 2.45) is 29.1 Å². The molecule has 1 aromatic carbocycles. The Morgan fingerprint density at radius 3 is 2.21 bits per heavy atom. The molecular formula is C33H35N5O4. The van der Waals surface area contributed by atoms with Gasteiger partial charge in [0.05, 0.1) is 4.92 Å². The van der Waals surface area contributed by atoms with E-state index in [-0.39, 0.29) is 23.1 Å². The summed E-state index contributed by atoms with van der Waals surface area (Å²) in [7, 11) is 1.83. The minimum absolute atomic E-state index is 0.147. The van der Waals surface area contributed by atoms with Gasteiger partial charge in [-0.1, -0.05) is 32.9 Å². The number of nitrogens with zero attached hydrogens (tertiary/aromatic N) is 5. The fraction of sp³-hybridized carbons (Fsp3) is 0.394. The van der Waals surface area contributed by atoms with Crippen molar-refractivity contribution >= 4 is 17.4 Å². The van der Waals surface area contributed by atoms with Gasteiger partial charge in [-0.25, -0.2) is 0 Å². The maximum absolute atomic E-state index is 14.9. The Morgan fingerprint density at radius 2 is 1.67 bits per heavy atom. The van der Waals surface area contributed by atoms with Crippen LogP contribution in [0.2, 0.25) is 0 Å². The van der Waals surface area contributed by atoms with Gasteiger partial charge >= 0.3 is 0 Å². The smallest absolute Gasteiger partial charge is 0.270 e. The maximum atomic E-state index is 14.9. The zero-order chi connectivity index (χ0) is 29.8. The van der Waals surface area contributed by atoms with Crippen LogP contribution in [-0.4, -0.2) is 50.0 Å². The SMILES string of the molecule is CC1C(CN2C(=O)C(c3ccncc3)(c3ccncc3)N(C)C2=CC(=O)c2cccc([N+](=O)[O-])c2)CC2CC1C2(C)C. The molecule has 1 aliphatic heterocycles. The molecule has 3 aromatic rings. The highest BCUT2D eigenvalue weighted by atomic mass is 16.6. The lowest BCUT2D eigenvalue weighted by Crippen LogP contribution is -2.56. The molecule has 4 unspecified atom stereocenters. The molecule has 0 spiro atoms. The van der Waals surface area contributed by atoms with Crippen molar-refractivity contribution in [3.63, 3.8) is 0 Å². The number of carbonyl (C=O) groups is 2. The number of amides is 1. The molecule has 4 atom stereocenters. The highest BCUT2D eigenvalue weighted by Gasteiger charge is 2.59. The van der Waals surface area contributed by atoms with Gasteiger partial charge in [0.15, 0.2) is 11.3 Å². The van der Waals surface area contributed by atoms with Crippen LogP contribution in [0.3, 0.4) is 0 Å². The van der Waals surface area contributed by atoms with Crippen LogP contribution in [0.4, 0.5) is 5.69 Å². The van der Waals surface area contributed by atoms with Crippen molar-refractivity contribution in [3.8, 4) is 0 Å². The number of hydrogen-bond acceptors (Lipinski definition) is 7. The lowest BCUT2D eigenvalue weighted by atomic mass is 9.43. The van der Waals surface area contributed by atoms with Crippen LogP contribution in [0, 0.1) is 39.2 Å². The fourth-order valence-electron chi connectivity index (χ4n) is 7.84. The normalized spacial score (nSPS) is 26.7. The topological polar surface area (TPSA) is 110 Å². The van der Waals surface area contributed by atoms with Crippen LogP contribution in [-0.2, 0) is 10.3 Å². The second kappa shape index (κ2) is 10.2. The van der Waals surface area contributed by atoms with Gasteiger partial charge in [-0.05, 0) is 77.3 Å². The number of allylic oxidation sites excluding steroid dienone is 1. The Bertz CT molecular complexity index is 1530. The zero-order valence-electron chi connectivity index (χ0n) is 24.3. The van der Waals surface area contributed by atoms with E-state index in [1.54, 1.807) is 35.8 Å². The number of likely N-dealkylation sites (N-methyl/N-ethyl adjacent to an activating group) is 1. The third kappa shape index (κ3) is 4.13. The number of non-ortho nitro benzene ring substituents is 1. The van der Waals surface area contributed by atoms with E-state index in [1.165, 1.54) is 30.7 Å². The van der Waals surface area contributed by atoms with Crippen molar-refractivity contribution in [2.75, 3.05) is 13.6 Å².